The molecule has 0 bridgehead atoms. The monoisotopic (exact) mass is 445 g/mol. The van der Waals surface area contributed by atoms with Gasteiger partial charge in [0.05, 0.1) is 18.4 Å². The summed E-state index contributed by atoms with van der Waals surface area (Å²) in [5.41, 5.74) is 2.17. The van der Waals surface area contributed by atoms with E-state index in [0.717, 1.165) is 43.2 Å². The van der Waals surface area contributed by atoms with Crippen molar-refractivity contribution in [3.63, 3.8) is 0 Å². The number of aromatic nitrogens is 1. The van der Waals surface area contributed by atoms with Gasteiger partial charge in [-0.2, -0.15) is 0 Å². The van der Waals surface area contributed by atoms with Crippen LogP contribution in [0, 0.1) is 19.8 Å². The molecule has 1 aliphatic rings. The highest BCUT2D eigenvalue weighted by Gasteiger charge is 2.22. The van der Waals surface area contributed by atoms with Crippen molar-refractivity contribution in [3.8, 4) is 5.75 Å². The fourth-order valence-corrected chi connectivity index (χ4v) is 4.30. The minimum atomic E-state index is -0.235. The second kappa shape index (κ2) is 10.1. The number of rotatable bonds is 7. The largest absolute Gasteiger partial charge is 0.508 e. The number of thiazole rings is 1. The third-order valence-electron chi connectivity index (χ3n) is 5.72. The van der Waals surface area contributed by atoms with Gasteiger partial charge < -0.3 is 20.6 Å². The van der Waals surface area contributed by atoms with Crippen LogP contribution in [0.5, 0.6) is 5.75 Å². The standard InChI is InChI=1S/C22H31N5O3S/c1-14-5-6-17(28)15(2)20(14)25-21(30)18-12-24-22(31-18)23-11-16-7-9-27(10-8-16)13-19(29)26(3)4/h5-6,12,16,28H,7-11,13H2,1-4H3,(H,23,24)(H,25,30). The number of carbonyl (C=O) groups excluding carboxylic acids is 2. The van der Waals surface area contributed by atoms with Gasteiger partial charge in [0, 0.05) is 26.2 Å². The van der Waals surface area contributed by atoms with Gasteiger partial charge in [-0.1, -0.05) is 17.4 Å². The molecule has 1 saturated heterocycles. The SMILES string of the molecule is Cc1ccc(O)c(C)c1NC(=O)c1cnc(NCC2CCN(CC(=O)N(C)C)CC2)s1. The Morgan fingerprint density at radius 3 is 2.65 bits per heavy atom. The minimum absolute atomic E-state index is 0.140. The summed E-state index contributed by atoms with van der Waals surface area (Å²) in [6, 6.07) is 3.40. The summed E-state index contributed by atoms with van der Waals surface area (Å²) in [5.74, 6) is 0.580. The Kier molecular flexibility index (Phi) is 7.50. The first-order valence-electron chi connectivity index (χ1n) is 10.5. The number of hydrogen-bond acceptors (Lipinski definition) is 7. The Hall–Kier alpha value is -2.65. The minimum Gasteiger partial charge on any atom is -0.508 e. The Morgan fingerprint density at radius 1 is 1.26 bits per heavy atom. The van der Waals surface area contributed by atoms with Crippen molar-refractivity contribution in [2.75, 3.05) is 50.9 Å². The number of amides is 2. The van der Waals surface area contributed by atoms with Crippen molar-refractivity contribution in [2.45, 2.75) is 26.7 Å². The van der Waals surface area contributed by atoms with Crippen LogP contribution in [0.1, 0.15) is 33.6 Å². The van der Waals surface area contributed by atoms with Crippen molar-refractivity contribution in [3.05, 3.63) is 34.3 Å². The van der Waals surface area contributed by atoms with Crippen LogP contribution in [0.25, 0.3) is 0 Å². The Labute approximate surface area is 187 Å². The van der Waals surface area contributed by atoms with Crippen LogP contribution < -0.4 is 10.6 Å². The Morgan fingerprint density at radius 2 is 1.97 bits per heavy atom. The third kappa shape index (κ3) is 5.95. The molecule has 8 nitrogen and oxygen atoms in total. The number of benzene rings is 1. The molecule has 0 spiro atoms. The molecule has 2 amide bonds. The molecule has 1 aromatic heterocycles. The Balaban J connectivity index is 1.48. The summed E-state index contributed by atoms with van der Waals surface area (Å²) >= 11 is 1.32. The lowest BCUT2D eigenvalue weighted by molar-refractivity contribution is -0.130. The first-order valence-corrected chi connectivity index (χ1v) is 11.3. The number of likely N-dealkylation sites (tertiary alicyclic amines) is 1. The molecule has 0 aliphatic carbocycles. The summed E-state index contributed by atoms with van der Waals surface area (Å²) in [7, 11) is 3.57. The first-order chi connectivity index (χ1) is 14.7. The van der Waals surface area contributed by atoms with E-state index in [1.807, 2.05) is 6.92 Å². The van der Waals surface area contributed by atoms with Gasteiger partial charge in [-0.05, 0) is 57.3 Å². The number of likely N-dealkylation sites (N-methyl/N-ethyl adjacent to an activating group) is 1. The van der Waals surface area contributed by atoms with E-state index >= 15 is 0 Å². The van der Waals surface area contributed by atoms with Crippen LogP contribution in [0.2, 0.25) is 0 Å². The molecule has 31 heavy (non-hydrogen) atoms. The maximum Gasteiger partial charge on any atom is 0.267 e. The summed E-state index contributed by atoms with van der Waals surface area (Å²) in [6.45, 7) is 6.79. The van der Waals surface area contributed by atoms with Gasteiger partial charge in [0.1, 0.15) is 10.6 Å². The van der Waals surface area contributed by atoms with E-state index in [1.165, 1.54) is 11.3 Å². The second-order valence-corrected chi connectivity index (χ2v) is 9.30. The average molecular weight is 446 g/mol. The quantitative estimate of drug-likeness (QED) is 0.606. The van der Waals surface area contributed by atoms with Crippen molar-refractivity contribution < 1.29 is 14.7 Å². The fraction of sp³-hybridized carbons (Fsp3) is 0.500. The molecule has 9 heteroatoms. The lowest BCUT2D eigenvalue weighted by atomic mass is 9.97. The van der Waals surface area contributed by atoms with E-state index in [2.05, 4.69) is 20.5 Å². The predicted octanol–water partition coefficient (Wildman–Crippen LogP) is 2.93. The molecule has 2 heterocycles. The van der Waals surface area contributed by atoms with E-state index < -0.39 is 0 Å². The number of phenols is 1. The molecule has 0 radical (unpaired) electrons. The zero-order chi connectivity index (χ0) is 22.5. The number of anilines is 2. The maximum absolute atomic E-state index is 12.6. The number of nitrogens with zero attached hydrogens (tertiary/aromatic N) is 3. The highest BCUT2D eigenvalue weighted by atomic mass is 32.1. The van der Waals surface area contributed by atoms with Crippen LogP contribution in [0.15, 0.2) is 18.3 Å². The molecule has 0 atom stereocenters. The zero-order valence-electron chi connectivity index (χ0n) is 18.6. The lowest BCUT2D eigenvalue weighted by Crippen LogP contribution is -2.42. The normalized spacial score (nSPS) is 15.0. The lowest BCUT2D eigenvalue weighted by Gasteiger charge is -2.32. The van der Waals surface area contributed by atoms with E-state index in [0.29, 0.717) is 28.6 Å². The van der Waals surface area contributed by atoms with E-state index in [1.54, 1.807) is 44.2 Å². The van der Waals surface area contributed by atoms with Crippen LogP contribution in [0.4, 0.5) is 10.8 Å². The molecule has 168 valence electrons. The van der Waals surface area contributed by atoms with E-state index in [4.69, 9.17) is 0 Å². The average Bonchev–Trinajstić information content (AvgIpc) is 3.22. The zero-order valence-corrected chi connectivity index (χ0v) is 19.4. The smallest absolute Gasteiger partial charge is 0.267 e. The van der Waals surface area contributed by atoms with E-state index in [9.17, 15) is 14.7 Å². The van der Waals surface area contributed by atoms with Crippen LogP contribution in [0.3, 0.4) is 0 Å². The number of nitrogens with one attached hydrogen (secondary N) is 2. The molecule has 3 N–H and O–H groups in total. The molecule has 1 fully saturated rings. The number of hydrogen-bond donors (Lipinski definition) is 3. The van der Waals surface area contributed by atoms with Crippen molar-refractivity contribution in [1.29, 1.82) is 0 Å². The van der Waals surface area contributed by atoms with Crippen molar-refractivity contribution in [1.82, 2.24) is 14.8 Å². The Bertz CT molecular complexity index is 935. The molecule has 3 rings (SSSR count). The fourth-order valence-electron chi connectivity index (χ4n) is 3.58. The molecule has 1 aromatic carbocycles. The van der Waals surface area contributed by atoms with Crippen LogP contribution in [-0.2, 0) is 4.79 Å². The van der Waals surface area contributed by atoms with Gasteiger partial charge in [0.25, 0.3) is 5.91 Å². The predicted molar refractivity (Wildman–Crippen MR) is 124 cm³/mol. The molecule has 0 saturated carbocycles. The highest BCUT2D eigenvalue weighted by molar-refractivity contribution is 7.17. The highest BCUT2D eigenvalue weighted by Crippen LogP contribution is 2.29. The second-order valence-electron chi connectivity index (χ2n) is 8.27. The third-order valence-corrected chi connectivity index (χ3v) is 6.67. The number of phenolic OH excluding ortho intramolecular Hbond substituents is 1. The summed E-state index contributed by atoms with van der Waals surface area (Å²) in [6.07, 6.45) is 3.64. The van der Waals surface area contributed by atoms with Gasteiger partial charge in [-0.25, -0.2) is 4.98 Å². The molecule has 2 aromatic rings. The van der Waals surface area contributed by atoms with Gasteiger partial charge in [-0.15, -0.1) is 0 Å². The van der Waals surface area contributed by atoms with Crippen molar-refractivity contribution in [2.24, 2.45) is 5.92 Å². The molecular formula is C22H31N5O3S. The van der Waals surface area contributed by atoms with Gasteiger partial charge in [0.2, 0.25) is 5.91 Å². The van der Waals surface area contributed by atoms with Gasteiger partial charge in [-0.3, -0.25) is 14.5 Å². The van der Waals surface area contributed by atoms with Crippen LogP contribution in [-0.4, -0.2) is 72.0 Å². The van der Waals surface area contributed by atoms with E-state index in [-0.39, 0.29) is 17.6 Å². The maximum atomic E-state index is 12.6. The molecular weight excluding hydrogens is 414 g/mol. The number of piperidine rings is 1. The summed E-state index contributed by atoms with van der Waals surface area (Å²) in [4.78, 5) is 33.2. The van der Waals surface area contributed by atoms with Crippen LogP contribution >= 0.6 is 11.3 Å². The first kappa shape index (κ1) is 23.0. The molecule has 1 aliphatic heterocycles. The number of aryl methyl sites for hydroxylation is 1. The number of carbonyl (C=O) groups is 2. The topological polar surface area (TPSA) is 97.8 Å². The summed E-state index contributed by atoms with van der Waals surface area (Å²) in [5, 5.41) is 16.9. The van der Waals surface area contributed by atoms with Gasteiger partial charge >= 0.3 is 0 Å². The number of aromatic hydroxyl groups is 1. The summed E-state index contributed by atoms with van der Waals surface area (Å²) < 4.78 is 0. The molecule has 0 unspecified atom stereocenters. The van der Waals surface area contributed by atoms with Crippen molar-refractivity contribution >= 4 is 34.0 Å². The van der Waals surface area contributed by atoms with Gasteiger partial charge in [0.15, 0.2) is 5.13 Å².